The van der Waals surface area contributed by atoms with Crippen molar-refractivity contribution in [2.45, 2.75) is 13.3 Å². The number of benzene rings is 3. The van der Waals surface area contributed by atoms with E-state index in [0.717, 1.165) is 29.0 Å². The van der Waals surface area contributed by atoms with Crippen LogP contribution in [0.4, 0.5) is 0 Å². The molecule has 1 aromatic heterocycles. The molecule has 5 heteroatoms. The Morgan fingerprint density at radius 2 is 1.67 bits per heavy atom. The second-order valence-corrected chi connectivity index (χ2v) is 6.25. The van der Waals surface area contributed by atoms with Crippen molar-refractivity contribution < 1.29 is 14.6 Å². The molecule has 1 heterocycles. The molecule has 5 nitrogen and oxygen atoms in total. The van der Waals surface area contributed by atoms with Crippen LogP contribution in [0, 0.1) is 0 Å². The molecule has 0 fully saturated rings. The minimum Gasteiger partial charge on any atom is -0.478 e. The maximum atomic E-state index is 11.1. The van der Waals surface area contributed by atoms with E-state index in [1.807, 2.05) is 36.4 Å². The first-order valence-corrected chi connectivity index (χ1v) is 8.72. The molecule has 0 amide bonds. The zero-order chi connectivity index (χ0) is 18.8. The molecule has 134 valence electrons. The topological polar surface area (TPSA) is 75.2 Å². The summed E-state index contributed by atoms with van der Waals surface area (Å²) in [6.07, 6.45) is 1.00. The van der Waals surface area contributed by atoms with Gasteiger partial charge in [0.15, 0.2) is 0 Å². The van der Waals surface area contributed by atoms with Gasteiger partial charge in [-0.1, -0.05) is 19.1 Å². The summed E-state index contributed by atoms with van der Waals surface area (Å²) in [7, 11) is 0. The fraction of sp³-hybridized carbons (Fsp3) is 0.0909. The van der Waals surface area contributed by atoms with Crippen LogP contribution in [0.25, 0.3) is 22.4 Å². The van der Waals surface area contributed by atoms with E-state index >= 15 is 0 Å². The van der Waals surface area contributed by atoms with Crippen molar-refractivity contribution in [1.29, 1.82) is 0 Å². The van der Waals surface area contributed by atoms with E-state index in [1.54, 1.807) is 18.2 Å². The maximum absolute atomic E-state index is 11.1. The Balaban J connectivity index is 1.56. The van der Waals surface area contributed by atoms with Crippen molar-refractivity contribution in [2.24, 2.45) is 0 Å². The largest absolute Gasteiger partial charge is 0.478 e. The van der Waals surface area contributed by atoms with E-state index in [-0.39, 0.29) is 5.56 Å². The lowest BCUT2D eigenvalue weighted by atomic mass is 10.2. The quantitative estimate of drug-likeness (QED) is 0.509. The first-order chi connectivity index (χ1) is 13.1. The van der Waals surface area contributed by atoms with Crippen LogP contribution < -0.4 is 4.74 Å². The number of aromatic amines is 1. The molecule has 0 radical (unpaired) electrons. The highest BCUT2D eigenvalue weighted by Crippen LogP contribution is 2.26. The molecule has 2 N–H and O–H groups in total. The molecule has 0 aliphatic rings. The first kappa shape index (κ1) is 16.8. The zero-order valence-electron chi connectivity index (χ0n) is 14.8. The van der Waals surface area contributed by atoms with Crippen LogP contribution in [0.1, 0.15) is 22.8 Å². The summed E-state index contributed by atoms with van der Waals surface area (Å²) in [5, 5.41) is 9.10. The maximum Gasteiger partial charge on any atom is 0.335 e. The van der Waals surface area contributed by atoms with Gasteiger partial charge in [-0.25, -0.2) is 9.78 Å². The van der Waals surface area contributed by atoms with Crippen LogP contribution >= 0.6 is 0 Å². The van der Waals surface area contributed by atoms with E-state index in [2.05, 4.69) is 29.0 Å². The van der Waals surface area contributed by atoms with Gasteiger partial charge < -0.3 is 14.8 Å². The lowest BCUT2D eigenvalue weighted by molar-refractivity contribution is 0.0697. The molecular weight excluding hydrogens is 340 g/mol. The third kappa shape index (κ3) is 3.53. The van der Waals surface area contributed by atoms with Crippen molar-refractivity contribution in [3.05, 3.63) is 77.9 Å². The molecule has 0 saturated carbocycles. The number of carboxylic acid groups (broad SMARTS) is 1. The molecule has 4 aromatic rings. The first-order valence-electron chi connectivity index (χ1n) is 8.72. The van der Waals surface area contributed by atoms with Crippen molar-refractivity contribution in [3.8, 4) is 22.9 Å². The average Bonchev–Trinajstić information content (AvgIpc) is 3.12. The number of nitrogens with zero attached hydrogens (tertiary/aromatic N) is 1. The molecule has 4 rings (SSSR count). The highest BCUT2D eigenvalue weighted by Gasteiger charge is 2.09. The van der Waals surface area contributed by atoms with Gasteiger partial charge in [-0.3, -0.25) is 0 Å². The van der Waals surface area contributed by atoms with E-state index in [1.165, 1.54) is 5.56 Å². The lowest BCUT2D eigenvalue weighted by Gasteiger charge is -2.07. The molecule has 0 unspecified atom stereocenters. The number of aromatic nitrogens is 2. The number of rotatable bonds is 5. The summed E-state index contributed by atoms with van der Waals surface area (Å²) in [6, 6.07) is 20.5. The average molecular weight is 358 g/mol. The number of hydrogen-bond donors (Lipinski definition) is 2. The second-order valence-electron chi connectivity index (χ2n) is 6.25. The number of carboxylic acids is 1. The highest BCUT2D eigenvalue weighted by molar-refractivity contribution is 5.93. The number of carbonyl (C=O) groups is 1. The fourth-order valence-corrected chi connectivity index (χ4v) is 2.89. The molecule has 0 bridgehead atoms. The van der Waals surface area contributed by atoms with Crippen molar-refractivity contribution in [1.82, 2.24) is 9.97 Å². The van der Waals surface area contributed by atoms with Crippen LogP contribution in [-0.2, 0) is 6.42 Å². The molecule has 0 spiro atoms. The zero-order valence-corrected chi connectivity index (χ0v) is 14.8. The van der Waals surface area contributed by atoms with Gasteiger partial charge in [0.25, 0.3) is 0 Å². The number of imidazole rings is 1. The van der Waals surface area contributed by atoms with Crippen LogP contribution in [0.5, 0.6) is 11.5 Å². The summed E-state index contributed by atoms with van der Waals surface area (Å²) >= 11 is 0. The molecule has 27 heavy (non-hydrogen) atoms. The van der Waals surface area contributed by atoms with Gasteiger partial charge in [0, 0.05) is 5.56 Å². The van der Waals surface area contributed by atoms with Crippen molar-refractivity contribution >= 4 is 17.0 Å². The van der Waals surface area contributed by atoms with Crippen molar-refractivity contribution in [2.75, 3.05) is 0 Å². The minimum atomic E-state index is -0.963. The molecule has 0 saturated heterocycles. The highest BCUT2D eigenvalue weighted by atomic mass is 16.5. The van der Waals surface area contributed by atoms with Crippen LogP contribution in [0.3, 0.4) is 0 Å². The second kappa shape index (κ2) is 6.96. The Kier molecular flexibility index (Phi) is 4.34. The van der Waals surface area contributed by atoms with Gasteiger partial charge in [0.1, 0.15) is 17.3 Å². The summed E-state index contributed by atoms with van der Waals surface area (Å²) in [5.41, 5.74) is 3.82. The fourth-order valence-electron chi connectivity index (χ4n) is 2.89. The van der Waals surface area contributed by atoms with Gasteiger partial charge in [0.05, 0.1) is 16.6 Å². The number of hydrogen-bond acceptors (Lipinski definition) is 3. The standard InChI is InChI=1S/C22H18N2O3/c1-2-14-3-8-17(9-4-14)27-18-10-5-15(6-11-18)21-23-19-12-7-16(22(25)26)13-20(19)24-21/h3-13H,2H2,1H3,(H,23,24)(H,25,26). The predicted octanol–water partition coefficient (Wildman–Crippen LogP) is 5.28. The number of fused-ring (bicyclic) bond motifs is 1. The Labute approximate surface area is 156 Å². The van der Waals surface area contributed by atoms with Crippen LogP contribution in [-0.4, -0.2) is 21.0 Å². The molecule has 0 aliphatic carbocycles. The number of aromatic carboxylic acids is 1. The van der Waals surface area contributed by atoms with E-state index in [9.17, 15) is 4.79 Å². The van der Waals surface area contributed by atoms with E-state index in [0.29, 0.717) is 11.3 Å². The Hall–Kier alpha value is -3.60. The normalized spacial score (nSPS) is 10.9. The number of H-pyrrole nitrogens is 1. The third-order valence-corrected chi connectivity index (χ3v) is 4.43. The SMILES string of the molecule is CCc1ccc(Oc2ccc(-c3nc4cc(C(=O)O)ccc4[nH]3)cc2)cc1. The smallest absolute Gasteiger partial charge is 0.335 e. The van der Waals surface area contributed by atoms with E-state index < -0.39 is 5.97 Å². The summed E-state index contributed by atoms with van der Waals surface area (Å²) in [6.45, 7) is 2.12. The van der Waals surface area contributed by atoms with Crippen LogP contribution in [0.15, 0.2) is 66.7 Å². The molecule has 3 aromatic carbocycles. The molecule has 0 atom stereocenters. The Bertz CT molecular complexity index is 1100. The minimum absolute atomic E-state index is 0.221. The van der Waals surface area contributed by atoms with Crippen LogP contribution in [0.2, 0.25) is 0 Å². The van der Waals surface area contributed by atoms with E-state index in [4.69, 9.17) is 9.84 Å². The molecule has 0 aliphatic heterocycles. The Morgan fingerprint density at radius 1 is 1.00 bits per heavy atom. The molecular formula is C22H18N2O3. The summed E-state index contributed by atoms with van der Waals surface area (Å²) < 4.78 is 5.87. The summed E-state index contributed by atoms with van der Waals surface area (Å²) in [4.78, 5) is 18.8. The number of ether oxygens (including phenoxy) is 1. The Morgan fingerprint density at radius 3 is 2.30 bits per heavy atom. The monoisotopic (exact) mass is 358 g/mol. The van der Waals surface area contributed by atoms with Gasteiger partial charge in [0.2, 0.25) is 0 Å². The van der Waals surface area contributed by atoms with Gasteiger partial charge in [-0.2, -0.15) is 0 Å². The third-order valence-electron chi connectivity index (χ3n) is 4.43. The number of aryl methyl sites for hydroxylation is 1. The number of nitrogens with one attached hydrogen (secondary N) is 1. The van der Waals surface area contributed by atoms with Gasteiger partial charge in [-0.15, -0.1) is 0 Å². The summed E-state index contributed by atoms with van der Waals surface area (Å²) in [5.74, 6) is 1.26. The predicted molar refractivity (Wildman–Crippen MR) is 104 cm³/mol. The van der Waals surface area contributed by atoms with Crippen molar-refractivity contribution in [3.63, 3.8) is 0 Å². The van der Waals surface area contributed by atoms with Gasteiger partial charge >= 0.3 is 5.97 Å². The lowest BCUT2D eigenvalue weighted by Crippen LogP contribution is -1.94. The van der Waals surface area contributed by atoms with Gasteiger partial charge in [-0.05, 0) is 66.6 Å².